The molecule has 4 fully saturated rings. The first-order valence-corrected chi connectivity index (χ1v) is 20.7. The first kappa shape index (κ1) is 39.7. The lowest BCUT2D eigenvalue weighted by Gasteiger charge is -2.32. The molecule has 5 aliphatic rings. The van der Waals surface area contributed by atoms with Crippen LogP contribution in [0.3, 0.4) is 0 Å². The first-order valence-electron chi connectivity index (χ1n) is 19.2. The van der Waals surface area contributed by atoms with Gasteiger partial charge in [0.2, 0.25) is 22.7 Å². The summed E-state index contributed by atoms with van der Waals surface area (Å²) in [5.41, 5.74) is -1.83. The number of alkyl halides is 1. The highest BCUT2D eigenvalue weighted by atomic mass is 32.2. The summed E-state index contributed by atoms with van der Waals surface area (Å²) in [6.45, 7) is 5.93. The molecule has 3 N–H and O–H groups in total. The van der Waals surface area contributed by atoms with E-state index in [1.807, 2.05) is 31.6 Å². The van der Waals surface area contributed by atoms with Crippen molar-refractivity contribution in [3.05, 3.63) is 42.4 Å². The van der Waals surface area contributed by atoms with Crippen molar-refractivity contribution in [1.82, 2.24) is 25.2 Å². The summed E-state index contributed by atoms with van der Waals surface area (Å²) in [4.78, 5) is 61.7. The van der Waals surface area contributed by atoms with Crippen LogP contribution >= 0.6 is 0 Å². The van der Waals surface area contributed by atoms with Crippen LogP contribution in [0, 0.1) is 29.0 Å². The van der Waals surface area contributed by atoms with Crippen LogP contribution in [0.1, 0.15) is 78.6 Å². The van der Waals surface area contributed by atoms with Crippen LogP contribution in [-0.2, 0) is 29.1 Å². The number of nitrogens with one attached hydrogen (secondary N) is 3. The van der Waals surface area contributed by atoms with Crippen molar-refractivity contribution < 1.29 is 50.6 Å². The summed E-state index contributed by atoms with van der Waals surface area (Å²) in [5, 5.41) is 3.86. The quantitative estimate of drug-likeness (QED) is 0.307. The third-order valence-corrected chi connectivity index (χ3v) is 13.8. The van der Waals surface area contributed by atoms with Crippen LogP contribution in [0.25, 0.3) is 10.8 Å². The number of nitrogens with zero attached hydrogens (tertiary/aromatic N) is 2. The van der Waals surface area contributed by atoms with E-state index in [-0.39, 0.29) is 61.8 Å². The van der Waals surface area contributed by atoms with Crippen molar-refractivity contribution in [3.63, 3.8) is 0 Å². The van der Waals surface area contributed by atoms with Gasteiger partial charge in [-0.15, -0.1) is 0 Å². The number of fused-ring (bicyclic) bond motifs is 3. The first-order chi connectivity index (χ1) is 26.5. The zero-order valence-corrected chi connectivity index (χ0v) is 32.8. The number of pyridine rings is 1. The number of hydrogen-bond acceptors (Lipinski definition) is 10. The molecule has 56 heavy (non-hydrogen) atoms. The number of sulfonamides is 1. The molecule has 7 atom stereocenters. The largest absolute Gasteiger partial charge is 0.494 e. The number of hydrogen-bond donors (Lipinski definition) is 3. The van der Waals surface area contributed by atoms with Crippen molar-refractivity contribution in [1.29, 1.82) is 0 Å². The molecule has 0 bridgehead atoms. The van der Waals surface area contributed by atoms with Gasteiger partial charge in [0.15, 0.2) is 11.6 Å². The summed E-state index contributed by atoms with van der Waals surface area (Å²) < 4.78 is 74.1. The van der Waals surface area contributed by atoms with E-state index in [0.29, 0.717) is 30.0 Å². The van der Waals surface area contributed by atoms with Crippen molar-refractivity contribution in [2.75, 3.05) is 20.3 Å². The minimum absolute atomic E-state index is 0.0215. The third-order valence-electron chi connectivity index (χ3n) is 12.0. The smallest absolute Gasteiger partial charge is 0.407 e. The van der Waals surface area contributed by atoms with E-state index in [1.165, 1.54) is 30.3 Å². The normalized spacial score (nSPS) is 31.4. The molecule has 1 aromatic carbocycles. The van der Waals surface area contributed by atoms with Crippen LogP contribution in [0.4, 0.5) is 13.6 Å². The Morgan fingerprint density at radius 1 is 1.12 bits per heavy atom. The monoisotopic (exact) mass is 801 g/mol. The Hall–Kier alpha value is -4.54. The molecule has 4 amide bonds. The lowest BCUT2D eigenvalue weighted by Crippen LogP contribution is -2.59. The molecule has 3 saturated carbocycles. The highest BCUT2D eigenvalue weighted by molar-refractivity contribution is 7.91. The van der Waals surface area contributed by atoms with Gasteiger partial charge in [-0.3, -0.25) is 14.4 Å². The fourth-order valence-electron chi connectivity index (χ4n) is 7.81. The molecule has 17 heteroatoms. The third kappa shape index (κ3) is 8.00. The molecule has 1 saturated heterocycles. The number of aromatic nitrogens is 1. The van der Waals surface area contributed by atoms with Crippen molar-refractivity contribution in [3.8, 4) is 11.6 Å². The van der Waals surface area contributed by atoms with E-state index in [9.17, 15) is 36.4 Å². The zero-order valence-electron chi connectivity index (χ0n) is 31.9. The van der Waals surface area contributed by atoms with Gasteiger partial charge in [-0.2, -0.15) is 0 Å². The summed E-state index contributed by atoms with van der Waals surface area (Å²) in [5.74, 6) is -3.90. The highest BCUT2D eigenvalue weighted by Gasteiger charge is 2.64. The fourth-order valence-corrected chi connectivity index (χ4v) is 9.06. The van der Waals surface area contributed by atoms with E-state index < -0.39 is 80.2 Å². The van der Waals surface area contributed by atoms with Gasteiger partial charge in [0.25, 0.3) is 15.9 Å². The summed E-state index contributed by atoms with van der Waals surface area (Å²) in [6.07, 6.45) is 6.61. The average Bonchev–Trinajstić information content (AvgIpc) is 4.11. The molecular formula is C39H49F2N5O9S. The molecular weight excluding hydrogens is 753 g/mol. The molecule has 7 rings (SSSR count). The number of methoxy groups -OCH3 is 1. The Kier molecular flexibility index (Phi) is 10.5. The average molecular weight is 802 g/mol. The van der Waals surface area contributed by atoms with Gasteiger partial charge in [0, 0.05) is 42.2 Å². The summed E-state index contributed by atoms with van der Waals surface area (Å²) in [6, 6.07) is 2.00. The number of amides is 4. The number of ether oxygens (including phenoxy) is 3. The summed E-state index contributed by atoms with van der Waals surface area (Å²) in [7, 11) is -3.34. The molecule has 14 nitrogen and oxygen atoms in total. The van der Waals surface area contributed by atoms with E-state index in [0.717, 1.165) is 12.8 Å². The van der Waals surface area contributed by atoms with Gasteiger partial charge >= 0.3 is 6.09 Å². The molecule has 0 spiro atoms. The predicted octanol–water partition coefficient (Wildman–Crippen LogP) is 4.42. The Bertz CT molecular complexity index is 2060. The lowest BCUT2D eigenvalue weighted by atomic mass is 9.88. The SMILES string of the molecule is COc1cc2ccnc(O[C@@H]3C[C@H]4C(=O)N[C@]5(C(=O)NS(=O)(=O)C6(F)CC6)C[C@H]5/C=C\CC[C@@H](C)C[C@@H](C)[C@H](NC(=O)OCC5(C)CC5)C(=O)N4C3)c2cc1F. The zero-order chi connectivity index (χ0) is 40.2. The van der Waals surface area contributed by atoms with Gasteiger partial charge in [0.05, 0.1) is 20.3 Å². The van der Waals surface area contributed by atoms with E-state index in [4.69, 9.17) is 14.2 Å². The van der Waals surface area contributed by atoms with Crippen molar-refractivity contribution in [2.45, 2.75) is 107 Å². The highest BCUT2D eigenvalue weighted by Crippen LogP contribution is 2.48. The number of benzene rings is 1. The maximum Gasteiger partial charge on any atom is 0.407 e. The van der Waals surface area contributed by atoms with E-state index in [1.54, 1.807) is 12.1 Å². The number of carbonyl (C=O) groups is 4. The van der Waals surface area contributed by atoms with Gasteiger partial charge in [0.1, 0.15) is 23.7 Å². The Morgan fingerprint density at radius 2 is 1.88 bits per heavy atom. The van der Waals surface area contributed by atoms with E-state index in [2.05, 4.69) is 15.6 Å². The number of rotatable bonds is 9. The molecule has 0 unspecified atom stereocenters. The van der Waals surface area contributed by atoms with Crippen molar-refractivity contribution >= 4 is 44.6 Å². The topological polar surface area (TPSA) is 182 Å². The van der Waals surface area contributed by atoms with Gasteiger partial charge < -0.3 is 29.7 Å². The Morgan fingerprint density at radius 3 is 2.57 bits per heavy atom. The van der Waals surface area contributed by atoms with Gasteiger partial charge in [-0.1, -0.05) is 32.9 Å². The lowest BCUT2D eigenvalue weighted by molar-refractivity contribution is -0.142. The Balaban J connectivity index is 1.21. The maximum atomic E-state index is 14.9. The minimum Gasteiger partial charge on any atom is -0.494 e. The number of allylic oxidation sites excluding steroid dienone is 1. The molecule has 3 aliphatic carbocycles. The number of carbonyl (C=O) groups excluding carboxylic acids is 4. The molecule has 2 aliphatic heterocycles. The summed E-state index contributed by atoms with van der Waals surface area (Å²) >= 11 is 0. The van der Waals surface area contributed by atoms with Crippen LogP contribution in [-0.4, -0.2) is 91.1 Å². The second-order valence-corrected chi connectivity index (χ2v) is 18.7. The van der Waals surface area contributed by atoms with Crippen LogP contribution in [0.2, 0.25) is 0 Å². The maximum absolute atomic E-state index is 14.9. The minimum atomic E-state index is -4.69. The number of alkyl carbamates (subject to hydrolysis) is 1. The molecule has 3 heterocycles. The van der Waals surface area contributed by atoms with Crippen LogP contribution < -0.4 is 24.8 Å². The second-order valence-electron chi connectivity index (χ2n) is 16.7. The van der Waals surface area contributed by atoms with E-state index >= 15 is 0 Å². The van der Waals surface area contributed by atoms with Crippen molar-refractivity contribution in [2.24, 2.45) is 23.2 Å². The Labute approximate surface area is 324 Å². The van der Waals surface area contributed by atoms with Crippen LogP contribution in [0.15, 0.2) is 36.5 Å². The molecule has 0 radical (unpaired) electrons. The molecule has 1 aromatic heterocycles. The predicted molar refractivity (Wildman–Crippen MR) is 199 cm³/mol. The molecule has 2 aromatic rings. The van der Waals surface area contributed by atoms with Gasteiger partial charge in [-0.05, 0) is 73.9 Å². The molecule has 304 valence electrons. The van der Waals surface area contributed by atoms with Gasteiger partial charge in [-0.25, -0.2) is 31.7 Å². The van der Waals surface area contributed by atoms with Crippen LogP contribution in [0.5, 0.6) is 11.6 Å². The number of halogens is 2. The fraction of sp³-hybridized carbons (Fsp3) is 0.615. The second kappa shape index (κ2) is 14.8. The standard InChI is InChI=1S/C39H49F2N5O9S/c1-22-7-5-6-8-25-19-39(25,35(49)45-56(51,52)38(41)12-13-38)44-32(47)29-17-26(55-33-27-18-28(40)30(53-4)16-24(27)9-14-42-33)20-46(29)34(48)31(23(2)15-22)43-36(50)54-21-37(3)10-11-37/h6,8-9,14,16,18,22-23,25-26,29,31H,5,7,10-13,15,17,19-21H2,1-4H3,(H,43,50)(H,44,47)(H,45,49)/b8-6-/t22-,23-,25-,26-,29+,31+,39-/m1/s1.